The Morgan fingerprint density at radius 3 is 2.41 bits per heavy atom. The summed E-state index contributed by atoms with van der Waals surface area (Å²) in [6.07, 6.45) is 5.14. The standard InChI is InChI=1S/C26H30FNO3.C2H7N/c1-24-12-11-21-23(30)25(27)14-19(29)7-6-18(25)10-13-26(21,31)22(24)9-8-20(24)17-4-2-16(15-28)3-5-17;1-3-2/h2-5,8,11,18-19,22-23,29-31H,6-7,9-10,12-14H2,1H3;3H,1-2H3/t18?,19?,22?,23?,24?,25?,26-;/m1./s1. The van der Waals surface area contributed by atoms with Gasteiger partial charge in [0.15, 0.2) is 0 Å². The Kier molecular flexibility index (Phi) is 6.78. The van der Waals surface area contributed by atoms with Crippen LogP contribution in [0.1, 0.15) is 63.0 Å². The number of allylic oxidation sites excluding steroid dienone is 3. The maximum atomic E-state index is 16.1. The van der Waals surface area contributed by atoms with Gasteiger partial charge in [0.05, 0.1) is 23.3 Å². The molecule has 0 saturated heterocycles. The molecule has 4 aliphatic rings. The number of hydrogen-bond donors (Lipinski definition) is 4. The average molecular weight is 469 g/mol. The minimum Gasteiger partial charge on any atom is -0.393 e. The molecule has 0 bridgehead atoms. The lowest BCUT2D eigenvalue weighted by Gasteiger charge is -2.50. The van der Waals surface area contributed by atoms with Crippen LogP contribution in [0.4, 0.5) is 4.39 Å². The van der Waals surface area contributed by atoms with Crippen LogP contribution in [0, 0.1) is 28.6 Å². The van der Waals surface area contributed by atoms with Gasteiger partial charge in [0.2, 0.25) is 0 Å². The van der Waals surface area contributed by atoms with E-state index in [1.54, 1.807) is 0 Å². The van der Waals surface area contributed by atoms with Crippen molar-refractivity contribution in [1.82, 2.24) is 5.32 Å². The smallest absolute Gasteiger partial charge is 0.145 e. The number of alkyl halides is 1. The van der Waals surface area contributed by atoms with E-state index in [2.05, 4.69) is 24.4 Å². The number of nitriles is 1. The molecule has 184 valence electrons. The van der Waals surface area contributed by atoms with Gasteiger partial charge in [-0.1, -0.05) is 31.2 Å². The first-order valence-electron chi connectivity index (χ1n) is 12.4. The normalized spacial score (nSPS) is 40.8. The molecule has 5 nitrogen and oxygen atoms in total. The van der Waals surface area contributed by atoms with Crippen molar-refractivity contribution >= 4 is 5.57 Å². The van der Waals surface area contributed by atoms with E-state index in [1.165, 1.54) is 0 Å². The highest BCUT2D eigenvalue weighted by molar-refractivity contribution is 5.74. The monoisotopic (exact) mass is 468 g/mol. The van der Waals surface area contributed by atoms with Crippen molar-refractivity contribution in [2.24, 2.45) is 17.3 Å². The van der Waals surface area contributed by atoms with Gasteiger partial charge < -0.3 is 20.6 Å². The van der Waals surface area contributed by atoms with E-state index >= 15 is 4.39 Å². The van der Waals surface area contributed by atoms with E-state index in [0.717, 1.165) is 11.1 Å². The summed E-state index contributed by atoms with van der Waals surface area (Å²) in [5, 5.41) is 45.2. The van der Waals surface area contributed by atoms with Crippen LogP contribution in [-0.2, 0) is 0 Å². The molecule has 5 rings (SSSR count). The molecular weight excluding hydrogens is 431 g/mol. The average Bonchev–Trinajstić information content (AvgIpc) is 3.13. The molecule has 0 amide bonds. The zero-order valence-corrected chi connectivity index (χ0v) is 20.4. The number of nitrogens with zero attached hydrogens (tertiary/aromatic N) is 1. The lowest BCUT2D eigenvalue weighted by atomic mass is 9.57. The van der Waals surface area contributed by atoms with Crippen molar-refractivity contribution in [2.75, 3.05) is 14.1 Å². The summed E-state index contributed by atoms with van der Waals surface area (Å²) in [6, 6.07) is 9.67. The lowest BCUT2D eigenvalue weighted by Crippen LogP contribution is -2.55. The Bertz CT molecular complexity index is 1020. The molecule has 1 aromatic rings. The van der Waals surface area contributed by atoms with Crippen LogP contribution < -0.4 is 5.32 Å². The third-order valence-electron chi connectivity index (χ3n) is 8.79. The molecule has 34 heavy (non-hydrogen) atoms. The maximum absolute atomic E-state index is 16.1. The third-order valence-corrected chi connectivity index (χ3v) is 8.79. The van der Waals surface area contributed by atoms with Crippen LogP contribution in [0.15, 0.2) is 42.0 Å². The first-order valence-corrected chi connectivity index (χ1v) is 12.4. The molecule has 6 heteroatoms. The highest BCUT2D eigenvalue weighted by atomic mass is 19.1. The number of hydrogen-bond acceptors (Lipinski definition) is 5. The summed E-state index contributed by atoms with van der Waals surface area (Å²) in [7, 11) is 3.75. The molecule has 0 aliphatic heterocycles. The van der Waals surface area contributed by atoms with Crippen LogP contribution in [0.3, 0.4) is 0 Å². The van der Waals surface area contributed by atoms with Crippen molar-refractivity contribution in [1.29, 1.82) is 5.26 Å². The molecule has 1 aromatic carbocycles. The predicted molar refractivity (Wildman–Crippen MR) is 130 cm³/mol. The van der Waals surface area contributed by atoms with E-state index in [4.69, 9.17) is 5.26 Å². The summed E-state index contributed by atoms with van der Waals surface area (Å²) >= 11 is 0. The zero-order valence-electron chi connectivity index (χ0n) is 20.4. The second-order valence-corrected chi connectivity index (χ2v) is 10.8. The fraction of sp³-hybridized carbons (Fsp3) is 0.607. The predicted octanol–water partition coefficient (Wildman–Crippen LogP) is 3.89. The van der Waals surface area contributed by atoms with Gasteiger partial charge in [0.1, 0.15) is 11.8 Å². The van der Waals surface area contributed by atoms with Crippen molar-refractivity contribution in [3.63, 3.8) is 0 Å². The largest absolute Gasteiger partial charge is 0.393 e. The fourth-order valence-corrected chi connectivity index (χ4v) is 7.06. The Morgan fingerprint density at radius 1 is 1.09 bits per heavy atom. The van der Waals surface area contributed by atoms with Gasteiger partial charge in [-0.3, -0.25) is 0 Å². The van der Waals surface area contributed by atoms with Gasteiger partial charge in [0, 0.05) is 17.8 Å². The van der Waals surface area contributed by atoms with Crippen LogP contribution in [0.5, 0.6) is 0 Å². The molecule has 6 unspecified atom stereocenters. The van der Waals surface area contributed by atoms with E-state index in [-0.39, 0.29) is 23.7 Å². The summed E-state index contributed by atoms with van der Waals surface area (Å²) in [5.74, 6) is -0.492. The molecule has 4 aliphatic carbocycles. The van der Waals surface area contributed by atoms with E-state index in [1.807, 2.05) is 44.4 Å². The van der Waals surface area contributed by atoms with Crippen LogP contribution in [-0.4, -0.2) is 52.9 Å². The van der Waals surface area contributed by atoms with Crippen LogP contribution in [0.25, 0.3) is 5.57 Å². The second-order valence-electron chi connectivity index (χ2n) is 10.8. The molecule has 0 spiro atoms. The third kappa shape index (κ3) is 3.83. The molecule has 0 radical (unpaired) electrons. The Balaban J connectivity index is 0.000000868. The number of aliphatic hydroxyl groups is 3. The van der Waals surface area contributed by atoms with Gasteiger partial charge in [-0.25, -0.2) is 4.39 Å². The molecule has 0 aromatic heterocycles. The van der Waals surface area contributed by atoms with Gasteiger partial charge in [0.25, 0.3) is 0 Å². The summed E-state index contributed by atoms with van der Waals surface area (Å²) in [6.45, 7) is 2.15. The minimum absolute atomic E-state index is 0.0665. The zero-order chi connectivity index (χ0) is 24.7. The second kappa shape index (κ2) is 9.20. The quantitative estimate of drug-likeness (QED) is 0.469. The molecule has 7 atom stereocenters. The molecule has 4 N–H and O–H groups in total. The fourth-order valence-electron chi connectivity index (χ4n) is 7.06. The summed E-state index contributed by atoms with van der Waals surface area (Å²) in [4.78, 5) is 0. The molecule has 2 saturated carbocycles. The summed E-state index contributed by atoms with van der Waals surface area (Å²) < 4.78 is 16.1. The van der Waals surface area contributed by atoms with Crippen molar-refractivity contribution < 1.29 is 19.7 Å². The van der Waals surface area contributed by atoms with Crippen molar-refractivity contribution in [2.45, 2.75) is 75.3 Å². The van der Waals surface area contributed by atoms with Gasteiger partial charge >= 0.3 is 0 Å². The Labute approximate surface area is 202 Å². The Hall–Kier alpha value is -2.04. The number of nitrogens with one attached hydrogen (secondary N) is 1. The van der Waals surface area contributed by atoms with Crippen LogP contribution in [0.2, 0.25) is 0 Å². The topological polar surface area (TPSA) is 96.5 Å². The van der Waals surface area contributed by atoms with Crippen molar-refractivity contribution in [3.05, 3.63) is 53.1 Å². The molecular formula is C28H37FN2O3. The first-order chi connectivity index (χ1) is 16.1. The maximum Gasteiger partial charge on any atom is 0.145 e. The van der Waals surface area contributed by atoms with E-state index < -0.39 is 23.5 Å². The van der Waals surface area contributed by atoms with E-state index in [9.17, 15) is 15.3 Å². The van der Waals surface area contributed by atoms with Crippen LogP contribution >= 0.6 is 0 Å². The highest BCUT2D eigenvalue weighted by Crippen LogP contribution is 2.63. The molecule has 0 heterocycles. The number of rotatable bonds is 1. The number of halogens is 1. The lowest BCUT2D eigenvalue weighted by molar-refractivity contribution is -0.0963. The SMILES string of the molecule is CC12CC=C3C(O)C4(F)CC(O)CCC4CC[C@]3(O)C1CC=C2c1ccc(C#N)cc1.CNC. The Morgan fingerprint density at radius 2 is 1.76 bits per heavy atom. The first kappa shape index (κ1) is 25.1. The molecule has 2 fully saturated rings. The van der Waals surface area contributed by atoms with Gasteiger partial charge in [-0.05, 0) is 87.4 Å². The van der Waals surface area contributed by atoms with Crippen molar-refractivity contribution in [3.8, 4) is 6.07 Å². The van der Waals surface area contributed by atoms with E-state index in [0.29, 0.717) is 49.7 Å². The van der Waals surface area contributed by atoms with Gasteiger partial charge in [-0.2, -0.15) is 5.26 Å². The van der Waals surface area contributed by atoms with Gasteiger partial charge in [-0.15, -0.1) is 0 Å². The summed E-state index contributed by atoms with van der Waals surface area (Å²) in [5.41, 5.74) is -0.265. The number of fused-ring (bicyclic) bond motifs is 4. The highest BCUT2D eigenvalue weighted by Gasteiger charge is 2.62. The minimum atomic E-state index is -1.89. The number of aliphatic hydroxyl groups excluding tert-OH is 2. The number of benzene rings is 1.